The molecule has 13 heavy (non-hydrogen) atoms. The predicted molar refractivity (Wildman–Crippen MR) is 59.3 cm³/mol. The van der Waals surface area contributed by atoms with Gasteiger partial charge in [0.05, 0.1) is 11.1 Å². The molecular formula is C9H11BrClNO. The molecule has 0 amide bonds. The largest absolute Gasteiger partial charge is 0.392 e. The summed E-state index contributed by atoms with van der Waals surface area (Å²) in [6, 6.07) is 5.58. The lowest BCUT2D eigenvalue weighted by molar-refractivity contribution is 0.208. The molecule has 0 radical (unpaired) electrons. The van der Waals surface area contributed by atoms with Crippen LogP contribution >= 0.6 is 27.5 Å². The summed E-state index contributed by atoms with van der Waals surface area (Å²) < 4.78 is 0.872. The topological polar surface area (TPSA) is 32.3 Å². The molecule has 0 heterocycles. The molecule has 1 aromatic carbocycles. The smallest absolute Gasteiger partial charge is 0.0684 e. The first kappa shape index (κ1) is 10.8. The van der Waals surface area contributed by atoms with Crippen LogP contribution in [-0.4, -0.2) is 17.8 Å². The fourth-order valence-electron chi connectivity index (χ4n) is 0.872. The van der Waals surface area contributed by atoms with Crippen molar-refractivity contribution >= 4 is 33.2 Å². The number of halogens is 2. The third-order valence-electron chi connectivity index (χ3n) is 1.52. The molecule has 0 aliphatic carbocycles. The molecule has 1 aromatic rings. The molecule has 0 saturated carbocycles. The summed E-state index contributed by atoms with van der Waals surface area (Å²) >= 11 is 9.18. The highest BCUT2D eigenvalue weighted by atomic mass is 79.9. The van der Waals surface area contributed by atoms with Crippen LogP contribution < -0.4 is 5.32 Å². The Kier molecular flexibility index (Phi) is 4.03. The Hall–Kier alpha value is -0.250. The Balaban J connectivity index is 2.63. The number of hydrogen-bond acceptors (Lipinski definition) is 2. The van der Waals surface area contributed by atoms with Crippen LogP contribution in [0.3, 0.4) is 0 Å². The van der Waals surface area contributed by atoms with Gasteiger partial charge >= 0.3 is 0 Å². The SMILES string of the molecule is C[C@@H](O)CNc1ccc(Br)c(Cl)c1. The summed E-state index contributed by atoms with van der Waals surface area (Å²) in [5, 5.41) is 12.8. The molecule has 0 aromatic heterocycles. The van der Waals surface area contributed by atoms with Crippen molar-refractivity contribution in [3.63, 3.8) is 0 Å². The molecule has 0 unspecified atom stereocenters. The van der Waals surface area contributed by atoms with Crippen LogP contribution in [0.1, 0.15) is 6.92 Å². The zero-order chi connectivity index (χ0) is 9.84. The van der Waals surface area contributed by atoms with Gasteiger partial charge in [-0.25, -0.2) is 0 Å². The highest BCUT2D eigenvalue weighted by Gasteiger charge is 1.99. The Morgan fingerprint density at radius 2 is 2.31 bits per heavy atom. The van der Waals surface area contributed by atoms with E-state index in [2.05, 4.69) is 21.2 Å². The first-order valence-corrected chi connectivity index (χ1v) is 5.13. The number of nitrogens with one attached hydrogen (secondary N) is 1. The van der Waals surface area contributed by atoms with Crippen LogP contribution in [-0.2, 0) is 0 Å². The third-order valence-corrected chi connectivity index (χ3v) is 2.75. The highest BCUT2D eigenvalue weighted by Crippen LogP contribution is 2.25. The van der Waals surface area contributed by atoms with E-state index in [4.69, 9.17) is 16.7 Å². The molecule has 2 nitrogen and oxygen atoms in total. The fourth-order valence-corrected chi connectivity index (χ4v) is 1.30. The minimum Gasteiger partial charge on any atom is -0.392 e. The van der Waals surface area contributed by atoms with Crippen molar-refractivity contribution in [2.45, 2.75) is 13.0 Å². The van der Waals surface area contributed by atoms with E-state index in [0.29, 0.717) is 11.6 Å². The van der Waals surface area contributed by atoms with E-state index in [0.717, 1.165) is 10.2 Å². The molecule has 0 fully saturated rings. The van der Waals surface area contributed by atoms with Crippen LogP contribution in [0.25, 0.3) is 0 Å². The molecule has 4 heteroatoms. The molecule has 0 aliphatic heterocycles. The van der Waals surface area contributed by atoms with Gasteiger partial charge in [-0.2, -0.15) is 0 Å². The van der Waals surface area contributed by atoms with Crippen LogP contribution in [0.5, 0.6) is 0 Å². The minimum atomic E-state index is -0.359. The molecule has 1 rings (SSSR count). The fraction of sp³-hybridized carbons (Fsp3) is 0.333. The van der Waals surface area contributed by atoms with Gasteiger partial charge in [0.15, 0.2) is 0 Å². The monoisotopic (exact) mass is 263 g/mol. The van der Waals surface area contributed by atoms with Gasteiger partial charge in [-0.05, 0) is 41.1 Å². The number of benzene rings is 1. The van der Waals surface area contributed by atoms with Crippen molar-refractivity contribution in [3.8, 4) is 0 Å². The second-order valence-electron chi connectivity index (χ2n) is 2.86. The number of aliphatic hydroxyl groups excluding tert-OH is 1. The van der Waals surface area contributed by atoms with E-state index in [1.807, 2.05) is 18.2 Å². The summed E-state index contributed by atoms with van der Waals surface area (Å²) in [6.45, 7) is 2.26. The maximum absolute atomic E-state index is 9.03. The van der Waals surface area contributed by atoms with Gasteiger partial charge in [-0.15, -0.1) is 0 Å². The second-order valence-corrected chi connectivity index (χ2v) is 4.12. The van der Waals surface area contributed by atoms with Gasteiger partial charge in [0, 0.05) is 16.7 Å². The lowest BCUT2D eigenvalue weighted by atomic mass is 10.3. The Labute approximate surface area is 91.0 Å². The average molecular weight is 265 g/mol. The van der Waals surface area contributed by atoms with Gasteiger partial charge in [-0.3, -0.25) is 0 Å². The third kappa shape index (κ3) is 3.55. The maximum atomic E-state index is 9.03. The minimum absolute atomic E-state index is 0.359. The molecule has 0 saturated heterocycles. The predicted octanol–water partition coefficient (Wildman–Crippen LogP) is 2.90. The zero-order valence-electron chi connectivity index (χ0n) is 7.22. The van der Waals surface area contributed by atoms with Crippen LogP contribution in [0.2, 0.25) is 5.02 Å². The van der Waals surface area contributed by atoms with Crippen molar-refractivity contribution in [2.75, 3.05) is 11.9 Å². The first-order valence-electron chi connectivity index (χ1n) is 3.96. The number of hydrogen-bond donors (Lipinski definition) is 2. The maximum Gasteiger partial charge on any atom is 0.0684 e. The Bertz CT molecular complexity index is 291. The molecule has 0 bridgehead atoms. The quantitative estimate of drug-likeness (QED) is 0.880. The molecular weight excluding hydrogens is 253 g/mol. The van der Waals surface area contributed by atoms with E-state index < -0.39 is 0 Å². The molecule has 0 aliphatic rings. The van der Waals surface area contributed by atoms with E-state index in [-0.39, 0.29) is 6.10 Å². The highest BCUT2D eigenvalue weighted by molar-refractivity contribution is 9.10. The van der Waals surface area contributed by atoms with Gasteiger partial charge in [0.2, 0.25) is 0 Å². The van der Waals surface area contributed by atoms with Gasteiger partial charge < -0.3 is 10.4 Å². The summed E-state index contributed by atoms with van der Waals surface area (Å²) in [6.07, 6.45) is -0.359. The van der Waals surface area contributed by atoms with E-state index in [1.165, 1.54) is 0 Å². The molecule has 72 valence electrons. The van der Waals surface area contributed by atoms with Gasteiger partial charge in [0.1, 0.15) is 0 Å². The molecule has 0 spiro atoms. The van der Waals surface area contributed by atoms with Crippen molar-refractivity contribution in [1.82, 2.24) is 0 Å². The van der Waals surface area contributed by atoms with E-state index in [9.17, 15) is 0 Å². The van der Waals surface area contributed by atoms with Gasteiger partial charge in [0.25, 0.3) is 0 Å². The van der Waals surface area contributed by atoms with Crippen LogP contribution in [0.4, 0.5) is 5.69 Å². The van der Waals surface area contributed by atoms with Crippen molar-refractivity contribution < 1.29 is 5.11 Å². The summed E-state index contributed by atoms with van der Waals surface area (Å²) in [5.74, 6) is 0. The molecule has 1 atom stereocenters. The lowest BCUT2D eigenvalue weighted by Crippen LogP contribution is -2.15. The van der Waals surface area contributed by atoms with E-state index in [1.54, 1.807) is 6.92 Å². The van der Waals surface area contributed by atoms with Crippen LogP contribution in [0.15, 0.2) is 22.7 Å². The number of rotatable bonds is 3. The van der Waals surface area contributed by atoms with Gasteiger partial charge in [-0.1, -0.05) is 11.6 Å². The Morgan fingerprint density at radius 1 is 1.62 bits per heavy atom. The summed E-state index contributed by atoms with van der Waals surface area (Å²) in [7, 11) is 0. The zero-order valence-corrected chi connectivity index (χ0v) is 9.56. The summed E-state index contributed by atoms with van der Waals surface area (Å²) in [5.41, 5.74) is 0.911. The molecule has 2 N–H and O–H groups in total. The normalized spacial score (nSPS) is 12.6. The van der Waals surface area contributed by atoms with Crippen molar-refractivity contribution in [3.05, 3.63) is 27.7 Å². The first-order chi connectivity index (χ1) is 6.09. The van der Waals surface area contributed by atoms with E-state index >= 15 is 0 Å². The lowest BCUT2D eigenvalue weighted by Gasteiger charge is -2.08. The van der Waals surface area contributed by atoms with Crippen LogP contribution in [0, 0.1) is 0 Å². The number of anilines is 1. The Morgan fingerprint density at radius 3 is 2.85 bits per heavy atom. The number of aliphatic hydroxyl groups is 1. The van der Waals surface area contributed by atoms with Crippen molar-refractivity contribution in [2.24, 2.45) is 0 Å². The summed E-state index contributed by atoms with van der Waals surface area (Å²) in [4.78, 5) is 0. The second kappa shape index (κ2) is 4.84. The van der Waals surface area contributed by atoms with Crippen molar-refractivity contribution in [1.29, 1.82) is 0 Å². The average Bonchev–Trinajstić information content (AvgIpc) is 2.07. The standard InChI is InChI=1S/C9H11BrClNO/c1-6(13)5-12-7-2-3-8(10)9(11)4-7/h2-4,6,12-13H,5H2,1H3/t6-/m1/s1.